The number of ether oxygens (including phenoxy) is 1. The van der Waals surface area contributed by atoms with Crippen molar-refractivity contribution in [2.45, 2.75) is 37.3 Å². The van der Waals surface area contributed by atoms with E-state index in [1.54, 1.807) is 16.4 Å². The summed E-state index contributed by atoms with van der Waals surface area (Å²) in [7, 11) is -3.44. The van der Waals surface area contributed by atoms with Crippen LogP contribution in [0.2, 0.25) is 0 Å². The maximum absolute atomic E-state index is 12.8. The van der Waals surface area contributed by atoms with Crippen LogP contribution in [-0.4, -0.2) is 60.5 Å². The Morgan fingerprint density at radius 1 is 1.15 bits per heavy atom. The Balaban J connectivity index is 1.34. The Hall–Kier alpha value is -1.81. The molecule has 0 aliphatic carbocycles. The van der Waals surface area contributed by atoms with Gasteiger partial charge in [-0.25, -0.2) is 8.42 Å². The van der Waals surface area contributed by atoms with Gasteiger partial charge in [0.05, 0.1) is 11.4 Å². The third-order valence-electron chi connectivity index (χ3n) is 5.04. The van der Waals surface area contributed by atoms with Crippen molar-refractivity contribution in [1.29, 1.82) is 0 Å². The number of rotatable bonds is 5. The molecule has 1 atom stereocenters. The first-order valence-corrected chi connectivity index (χ1v) is 10.7. The molecular formula is C18H24N4O4S. The lowest BCUT2D eigenvalue weighted by atomic mass is 10.2. The average Bonchev–Trinajstić information content (AvgIpc) is 3.34. The van der Waals surface area contributed by atoms with Gasteiger partial charge in [-0.2, -0.15) is 9.29 Å². The summed E-state index contributed by atoms with van der Waals surface area (Å²) in [5.74, 6) is 1.17. The highest BCUT2D eigenvalue weighted by Gasteiger charge is 2.29. The van der Waals surface area contributed by atoms with E-state index in [9.17, 15) is 8.42 Å². The van der Waals surface area contributed by atoms with Crippen LogP contribution in [0.3, 0.4) is 0 Å². The minimum Gasteiger partial charge on any atom is -0.368 e. The van der Waals surface area contributed by atoms with Crippen LogP contribution < -0.4 is 0 Å². The molecule has 8 nitrogen and oxygen atoms in total. The minimum atomic E-state index is -3.44. The normalized spacial score (nSPS) is 22.3. The Morgan fingerprint density at radius 3 is 2.56 bits per heavy atom. The maximum atomic E-state index is 12.8. The summed E-state index contributed by atoms with van der Waals surface area (Å²) in [6, 6.07) is 6.99. The molecule has 2 fully saturated rings. The lowest BCUT2D eigenvalue weighted by molar-refractivity contribution is 0.0835. The van der Waals surface area contributed by atoms with Gasteiger partial charge in [-0.05, 0) is 31.9 Å². The number of nitrogens with zero attached hydrogens (tertiary/aromatic N) is 4. The minimum absolute atomic E-state index is 0.0808. The van der Waals surface area contributed by atoms with Crippen molar-refractivity contribution in [3.05, 3.63) is 41.5 Å². The molecule has 0 N–H and O–H groups in total. The predicted octanol–water partition coefficient (Wildman–Crippen LogP) is 1.74. The summed E-state index contributed by atoms with van der Waals surface area (Å²) in [6.07, 6.45) is 1.85. The number of benzene rings is 1. The fraction of sp³-hybridized carbons (Fsp3) is 0.556. The van der Waals surface area contributed by atoms with Crippen molar-refractivity contribution in [3.8, 4) is 0 Å². The van der Waals surface area contributed by atoms with E-state index in [0.717, 1.165) is 25.0 Å². The Bertz CT molecular complexity index is 867. The zero-order valence-electron chi connectivity index (χ0n) is 15.4. The van der Waals surface area contributed by atoms with Crippen LogP contribution in [0, 0.1) is 6.92 Å². The van der Waals surface area contributed by atoms with Gasteiger partial charge in [0.2, 0.25) is 10.0 Å². The molecular weight excluding hydrogens is 368 g/mol. The number of hydrogen-bond acceptors (Lipinski definition) is 7. The van der Waals surface area contributed by atoms with E-state index in [-0.39, 0.29) is 6.10 Å². The molecule has 2 aliphatic heterocycles. The van der Waals surface area contributed by atoms with Crippen LogP contribution in [0.15, 0.2) is 33.7 Å². The third kappa shape index (κ3) is 4.06. The Kier molecular flexibility index (Phi) is 5.27. The van der Waals surface area contributed by atoms with Gasteiger partial charge in [0, 0.05) is 32.8 Å². The van der Waals surface area contributed by atoms with Crippen molar-refractivity contribution >= 4 is 10.0 Å². The van der Waals surface area contributed by atoms with Crippen molar-refractivity contribution in [2.24, 2.45) is 0 Å². The molecule has 27 heavy (non-hydrogen) atoms. The summed E-state index contributed by atoms with van der Waals surface area (Å²) in [5, 5.41) is 4.04. The largest absolute Gasteiger partial charge is 0.368 e. The third-order valence-corrected chi connectivity index (χ3v) is 6.96. The molecule has 0 spiro atoms. The van der Waals surface area contributed by atoms with Gasteiger partial charge in [0.25, 0.3) is 5.89 Å². The molecule has 2 aromatic rings. The van der Waals surface area contributed by atoms with Gasteiger partial charge in [-0.3, -0.25) is 4.90 Å². The molecule has 9 heteroatoms. The smallest absolute Gasteiger partial charge is 0.255 e. The molecule has 0 radical (unpaired) electrons. The predicted molar refractivity (Wildman–Crippen MR) is 97.4 cm³/mol. The van der Waals surface area contributed by atoms with Crippen molar-refractivity contribution < 1.29 is 17.7 Å². The van der Waals surface area contributed by atoms with Gasteiger partial charge in [0.1, 0.15) is 6.10 Å². The van der Waals surface area contributed by atoms with E-state index in [4.69, 9.17) is 9.26 Å². The van der Waals surface area contributed by atoms with E-state index in [2.05, 4.69) is 15.0 Å². The van der Waals surface area contributed by atoms with Crippen LogP contribution in [0.1, 0.15) is 36.2 Å². The van der Waals surface area contributed by atoms with E-state index in [1.807, 2.05) is 19.1 Å². The van der Waals surface area contributed by atoms with Gasteiger partial charge in [0.15, 0.2) is 5.82 Å². The highest BCUT2D eigenvalue weighted by Crippen LogP contribution is 2.27. The van der Waals surface area contributed by atoms with Crippen LogP contribution in [0.4, 0.5) is 0 Å². The van der Waals surface area contributed by atoms with Crippen molar-refractivity contribution in [3.63, 3.8) is 0 Å². The zero-order chi connectivity index (χ0) is 18.9. The molecule has 0 amide bonds. The number of sulfonamides is 1. The average molecular weight is 392 g/mol. The summed E-state index contributed by atoms with van der Waals surface area (Å²) in [4.78, 5) is 6.93. The molecule has 0 bridgehead atoms. The van der Waals surface area contributed by atoms with Crippen molar-refractivity contribution in [1.82, 2.24) is 19.3 Å². The van der Waals surface area contributed by atoms with E-state index in [1.165, 1.54) is 0 Å². The highest BCUT2D eigenvalue weighted by atomic mass is 32.2. The van der Waals surface area contributed by atoms with Crippen LogP contribution in [0.5, 0.6) is 0 Å². The second kappa shape index (κ2) is 7.67. The highest BCUT2D eigenvalue weighted by molar-refractivity contribution is 7.89. The first-order chi connectivity index (χ1) is 13.0. The molecule has 2 saturated heterocycles. The van der Waals surface area contributed by atoms with Gasteiger partial charge < -0.3 is 9.26 Å². The summed E-state index contributed by atoms with van der Waals surface area (Å²) in [5.41, 5.74) is 1.04. The maximum Gasteiger partial charge on any atom is 0.255 e. The Labute approximate surface area is 159 Å². The van der Waals surface area contributed by atoms with Gasteiger partial charge in [-0.1, -0.05) is 22.9 Å². The number of aromatic nitrogens is 2. The van der Waals surface area contributed by atoms with Gasteiger partial charge in [-0.15, -0.1) is 0 Å². The fourth-order valence-electron chi connectivity index (χ4n) is 3.42. The first-order valence-electron chi connectivity index (χ1n) is 9.25. The topological polar surface area (TPSA) is 88.8 Å². The van der Waals surface area contributed by atoms with E-state index in [0.29, 0.717) is 49.3 Å². The number of hydrogen-bond donors (Lipinski definition) is 0. The second-order valence-corrected chi connectivity index (χ2v) is 8.98. The summed E-state index contributed by atoms with van der Waals surface area (Å²) >= 11 is 0. The quantitative estimate of drug-likeness (QED) is 0.766. The molecule has 1 aromatic carbocycles. The zero-order valence-corrected chi connectivity index (χ0v) is 16.2. The molecule has 146 valence electrons. The second-order valence-electron chi connectivity index (χ2n) is 7.04. The van der Waals surface area contributed by atoms with Crippen LogP contribution in [0.25, 0.3) is 0 Å². The van der Waals surface area contributed by atoms with E-state index < -0.39 is 10.0 Å². The molecule has 2 aliphatic rings. The summed E-state index contributed by atoms with van der Waals surface area (Å²) < 4.78 is 38.0. The Morgan fingerprint density at radius 2 is 1.89 bits per heavy atom. The fourth-order valence-corrected chi connectivity index (χ4v) is 4.84. The van der Waals surface area contributed by atoms with Crippen LogP contribution in [-0.2, 0) is 21.3 Å². The SMILES string of the molecule is Cc1ccc(S(=O)(=O)N2CCN(Cc3noc([C@H]4CCCO4)n3)CC2)cc1. The van der Waals surface area contributed by atoms with Crippen LogP contribution >= 0.6 is 0 Å². The molecule has 0 unspecified atom stereocenters. The molecule has 1 aromatic heterocycles. The van der Waals surface area contributed by atoms with Gasteiger partial charge >= 0.3 is 0 Å². The standard InChI is InChI=1S/C18H24N4O4S/c1-14-4-6-15(7-5-14)27(23,24)22-10-8-21(9-11-22)13-17-19-18(26-20-17)16-3-2-12-25-16/h4-7,16H,2-3,8-13H2,1H3/t16-/m1/s1. The molecule has 3 heterocycles. The molecule has 4 rings (SSSR count). The number of piperazine rings is 1. The monoisotopic (exact) mass is 392 g/mol. The number of aryl methyl sites for hydroxylation is 1. The first kappa shape index (κ1) is 18.5. The van der Waals surface area contributed by atoms with Crippen molar-refractivity contribution in [2.75, 3.05) is 32.8 Å². The lowest BCUT2D eigenvalue weighted by Gasteiger charge is -2.33. The lowest BCUT2D eigenvalue weighted by Crippen LogP contribution is -2.48. The van der Waals surface area contributed by atoms with E-state index >= 15 is 0 Å². The molecule has 0 saturated carbocycles. The summed E-state index contributed by atoms with van der Waals surface area (Å²) in [6.45, 7) is 5.40.